The monoisotopic (exact) mass is 381 g/mol. The van der Waals surface area contributed by atoms with Gasteiger partial charge in [-0.25, -0.2) is 4.79 Å². The van der Waals surface area contributed by atoms with Gasteiger partial charge in [0, 0.05) is 12.0 Å². The molecule has 28 heavy (non-hydrogen) atoms. The summed E-state index contributed by atoms with van der Waals surface area (Å²) in [5, 5.41) is 5.46. The highest BCUT2D eigenvalue weighted by molar-refractivity contribution is 6.06. The standard InChI is InChI=1S/C21H23N3O4/c1-14(16-10-6-7-11-18(16)28-2)22-19(25)13-24-20(26)17(23-21(24)27)12-15-8-4-3-5-9-15/h3-11,14,17H,12-13H2,1-2H3,(H,22,25)(H,23,27). The quantitative estimate of drug-likeness (QED) is 0.719. The third kappa shape index (κ3) is 4.31. The van der Waals surface area contributed by atoms with E-state index in [1.807, 2.05) is 61.5 Å². The van der Waals surface area contributed by atoms with E-state index in [0.717, 1.165) is 16.0 Å². The maximum absolute atomic E-state index is 12.6. The number of carbonyl (C=O) groups excluding carboxylic acids is 3. The van der Waals surface area contributed by atoms with Gasteiger partial charge in [-0.3, -0.25) is 14.5 Å². The highest BCUT2D eigenvalue weighted by atomic mass is 16.5. The third-order valence-electron chi connectivity index (χ3n) is 4.67. The van der Waals surface area contributed by atoms with Crippen LogP contribution in [0.2, 0.25) is 0 Å². The molecule has 0 bridgehead atoms. The summed E-state index contributed by atoms with van der Waals surface area (Å²) >= 11 is 0. The Morgan fingerprint density at radius 2 is 1.82 bits per heavy atom. The average molecular weight is 381 g/mol. The first-order chi connectivity index (χ1) is 13.5. The first kappa shape index (κ1) is 19.4. The van der Waals surface area contributed by atoms with Gasteiger partial charge in [-0.05, 0) is 18.6 Å². The van der Waals surface area contributed by atoms with Gasteiger partial charge < -0.3 is 15.4 Å². The number of para-hydroxylation sites is 1. The molecule has 2 aromatic carbocycles. The van der Waals surface area contributed by atoms with Gasteiger partial charge in [0.25, 0.3) is 5.91 Å². The summed E-state index contributed by atoms with van der Waals surface area (Å²) in [6.07, 6.45) is 0.390. The number of urea groups is 1. The van der Waals surface area contributed by atoms with Crippen LogP contribution in [0.3, 0.4) is 0 Å². The van der Waals surface area contributed by atoms with Gasteiger partial charge in [0.05, 0.1) is 13.2 Å². The number of hydrogen-bond donors (Lipinski definition) is 2. The molecule has 0 radical (unpaired) electrons. The first-order valence-corrected chi connectivity index (χ1v) is 9.07. The summed E-state index contributed by atoms with van der Waals surface area (Å²) < 4.78 is 5.31. The molecular formula is C21H23N3O4. The predicted molar refractivity (Wildman–Crippen MR) is 104 cm³/mol. The van der Waals surface area contributed by atoms with Gasteiger partial charge in [-0.15, -0.1) is 0 Å². The summed E-state index contributed by atoms with van der Waals surface area (Å²) in [7, 11) is 1.56. The van der Waals surface area contributed by atoms with Gasteiger partial charge in [0.2, 0.25) is 5.91 Å². The lowest BCUT2D eigenvalue weighted by molar-refractivity contribution is -0.132. The minimum absolute atomic E-state index is 0.324. The van der Waals surface area contributed by atoms with E-state index in [-0.39, 0.29) is 12.6 Å². The number of methoxy groups -OCH3 is 1. The zero-order valence-corrected chi connectivity index (χ0v) is 15.8. The van der Waals surface area contributed by atoms with E-state index < -0.39 is 23.9 Å². The number of nitrogens with one attached hydrogen (secondary N) is 2. The van der Waals surface area contributed by atoms with Crippen molar-refractivity contribution in [1.82, 2.24) is 15.5 Å². The number of ether oxygens (including phenoxy) is 1. The van der Waals surface area contributed by atoms with Gasteiger partial charge >= 0.3 is 6.03 Å². The fourth-order valence-corrected chi connectivity index (χ4v) is 3.25. The van der Waals surface area contributed by atoms with E-state index in [4.69, 9.17) is 4.74 Å². The van der Waals surface area contributed by atoms with Crippen molar-refractivity contribution in [2.24, 2.45) is 0 Å². The summed E-state index contributed by atoms with van der Waals surface area (Å²) in [6, 6.07) is 15.2. The molecule has 4 amide bonds. The van der Waals surface area contributed by atoms with E-state index in [1.165, 1.54) is 0 Å². The summed E-state index contributed by atoms with van der Waals surface area (Å²) in [5.41, 5.74) is 1.76. The molecule has 7 heteroatoms. The zero-order chi connectivity index (χ0) is 20.1. The Balaban J connectivity index is 1.60. The molecule has 2 aromatic rings. The molecule has 7 nitrogen and oxygen atoms in total. The van der Waals surface area contributed by atoms with Gasteiger partial charge in [0.15, 0.2) is 0 Å². The van der Waals surface area contributed by atoms with Crippen molar-refractivity contribution in [3.05, 3.63) is 65.7 Å². The van der Waals surface area contributed by atoms with Crippen LogP contribution in [0.1, 0.15) is 24.1 Å². The Bertz CT molecular complexity index is 869. The fraction of sp³-hybridized carbons (Fsp3) is 0.286. The van der Waals surface area contributed by atoms with E-state index in [0.29, 0.717) is 12.2 Å². The van der Waals surface area contributed by atoms with Crippen molar-refractivity contribution in [3.8, 4) is 5.75 Å². The normalized spacial score (nSPS) is 17.2. The van der Waals surface area contributed by atoms with Crippen molar-refractivity contribution in [2.75, 3.05) is 13.7 Å². The second-order valence-corrected chi connectivity index (χ2v) is 6.65. The van der Waals surface area contributed by atoms with Gasteiger partial charge in [0.1, 0.15) is 18.3 Å². The summed E-state index contributed by atoms with van der Waals surface area (Å²) in [6.45, 7) is 1.50. The topological polar surface area (TPSA) is 87.7 Å². The minimum atomic E-state index is -0.658. The van der Waals surface area contributed by atoms with E-state index in [9.17, 15) is 14.4 Å². The Hall–Kier alpha value is -3.35. The van der Waals surface area contributed by atoms with Gasteiger partial charge in [-0.1, -0.05) is 48.5 Å². The number of nitrogens with zero attached hydrogens (tertiary/aromatic N) is 1. The summed E-state index contributed by atoms with van der Waals surface area (Å²) in [5.74, 6) is -0.149. The maximum Gasteiger partial charge on any atom is 0.325 e. The Morgan fingerprint density at radius 3 is 2.54 bits per heavy atom. The predicted octanol–water partition coefficient (Wildman–Crippen LogP) is 2.04. The molecule has 1 aliphatic rings. The molecule has 146 valence electrons. The van der Waals surface area contributed by atoms with Crippen molar-refractivity contribution in [2.45, 2.75) is 25.4 Å². The molecule has 1 aliphatic heterocycles. The first-order valence-electron chi connectivity index (χ1n) is 9.07. The lowest BCUT2D eigenvalue weighted by Crippen LogP contribution is -2.42. The average Bonchev–Trinajstić information content (AvgIpc) is 2.96. The SMILES string of the molecule is COc1ccccc1C(C)NC(=O)CN1C(=O)NC(Cc2ccccc2)C1=O. The van der Waals surface area contributed by atoms with Crippen molar-refractivity contribution >= 4 is 17.8 Å². The third-order valence-corrected chi connectivity index (χ3v) is 4.67. The molecule has 1 saturated heterocycles. The highest BCUT2D eigenvalue weighted by Crippen LogP contribution is 2.24. The van der Waals surface area contributed by atoms with E-state index in [2.05, 4.69) is 10.6 Å². The number of rotatable bonds is 7. The fourth-order valence-electron chi connectivity index (χ4n) is 3.25. The molecule has 0 spiro atoms. The Morgan fingerprint density at radius 1 is 1.14 bits per heavy atom. The Labute approximate surface area is 163 Å². The van der Waals surface area contributed by atoms with Crippen LogP contribution in [-0.4, -0.2) is 42.4 Å². The van der Waals surface area contributed by atoms with Crippen LogP contribution >= 0.6 is 0 Å². The number of benzene rings is 2. The molecule has 2 unspecified atom stereocenters. The lowest BCUT2D eigenvalue weighted by atomic mass is 10.1. The largest absolute Gasteiger partial charge is 0.496 e. The summed E-state index contributed by atoms with van der Waals surface area (Å²) in [4.78, 5) is 38.1. The number of carbonyl (C=O) groups is 3. The smallest absolute Gasteiger partial charge is 0.325 e. The molecule has 0 saturated carbocycles. The maximum atomic E-state index is 12.6. The molecule has 1 heterocycles. The second-order valence-electron chi connectivity index (χ2n) is 6.65. The molecular weight excluding hydrogens is 358 g/mol. The number of imide groups is 1. The van der Waals surface area contributed by atoms with Crippen LogP contribution in [0.4, 0.5) is 4.79 Å². The molecule has 1 fully saturated rings. The molecule has 2 N–H and O–H groups in total. The molecule has 3 rings (SSSR count). The van der Waals surface area contributed by atoms with Crippen LogP contribution in [0.5, 0.6) is 5.75 Å². The van der Waals surface area contributed by atoms with E-state index >= 15 is 0 Å². The number of amides is 4. The van der Waals surface area contributed by atoms with Crippen LogP contribution in [-0.2, 0) is 16.0 Å². The molecule has 0 aromatic heterocycles. The van der Waals surface area contributed by atoms with Crippen LogP contribution in [0.15, 0.2) is 54.6 Å². The van der Waals surface area contributed by atoms with Crippen molar-refractivity contribution < 1.29 is 19.1 Å². The van der Waals surface area contributed by atoms with Crippen molar-refractivity contribution in [1.29, 1.82) is 0 Å². The lowest BCUT2D eigenvalue weighted by Gasteiger charge is -2.19. The highest BCUT2D eigenvalue weighted by Gasteiger charge is 2.39. The zero-order valence-electron chi connectivity index (χ0n) is 15.8. The Kier molecular flexibility index (Phi) is 5.93. The van der Waals surface area contributed by atoms with Crippen molar-refractivity contribution in [3.63, 3.8) is 0 Å². The molecule has 2 atom stereocenters. The van der Waals surface area contributed by atoms with Crippen LogP contribution < -0.4 is 15.4 Å². The van der Waals surface area contributed by atoms with E-state index in [1.54, 1.807) is 7.11 Å². The minimum Gasteiger partial charge on any atom is -0.496 e. The van der Waals surface area contributed by atoms with Crippen LogP contribution in [0.25, 0.3) is 0 Å². The van der Waals surface area contributed by atoms with Crippen LogP contribution in [0, 0.1) is 0 Å². The van der Waals surface area contributed by atoms with Gasteiger partial charge in [-0.2, -0.15) is 0 Å². The second kappa shape index (κ2) is 8.56. The number of hydrogen-bond acceptors (Lipinski definition) is 4. The molecule has 0 aliphatic carbocycles.